The second-order valence-electron chi connectivity index (χ2n) is 28.3. The zero-order valence-corrected chi connectivity index (χ0v) is 60.6. The number of fused-ring (bicyclic) bond motifs is 4. The van der Waals surface area contributed by atoms with Gasteiger partial charge in [-0.15, -0.1) is 0 Å². The van der Waals surface area contributed by atoms with E-state index in [1.54, 1.807) is 70.9 Å². The first-order valence-corrected chi connectivity index (χ1v) is 36.9. The van der Waals surface area contributed by atoms with Crippen molar-refractivity contribution >= 4 is 47.1 Å². The van der Waals surface area contributed by atoms with E-state index in [0.29, 0.717) is 112 Å². The molecule has 0 spiro atoms. The van der Waals surface area contributed by atoms with E-state index < -0.39 is 30.1 Å². The van der Waals surface area contributed by atoms with Crippen LogP contribution >= 0.6 is 0 Å². The van der Waals surface area contributed by atoms with Crippen LogP contribution in [0.4, 0.5) is 0 Å². The van der Waals surface area contributed by atoms with Crippen molar-refractivity contribution in [3.05, 3.63) is 253 Å². The second-order valence-corrected chi connectivity index (χ2v) is 28.3. The first kappa shape index (κ1) is 77.0. The molecule has 6 aliphatic rings. The molecule has 4 heterocycles. The topological polar surface area (TPSA) is 300 Å². The Morgan fingerprint density at radius 1 is 0.439 bits per heavy atom. The number of methoxy groups -OCH3 is 1. The monoisotopic (exact) mass is 1440 g/mol. The number of aliphatic hydroxyl groups is 1. The molecule has 2 fully saturated rings. The smallest absolute Gasteiger partial charge is 0.274 e. The van der Waals surface area contributed by atoms with Crippen LogP contribution in [0.1, 0.15) is 185 Å². The molecule has 2 aliphatic carbocycles. The number of ketones is 1. The summed E-state index contributed by atoms with van der Waals surface area (Å²) in [6.07, 6.45) is 15.4. The van der Waals surface area contributed by atoms with Crippen molar-refractivity contribution in [2.24, 2.45) is 11.8 Å². The van der Waals surface area contributed by atoms with Gasteiger partial charge in [-0.3, -0.25) is 54.0 Å². The zero-order valence-electron chi connectivity index (χ0n) is 60.6. The molecule has 21 heteroatoms. The fourth-order valence-corrected chi connectivity index (χ4v) is 15.3. The number of rotatable bonds is 14. The molecule has 0 bridgehead atoms. The number of hydrogen-bond acceptors (Lipinski definition) is 14. The van der Waals surface area contributed by atoms with E-state index in [4.69, 9.17) is 25.5 Å². The Balaban J connectivity index is 0.000000143. The summed E-state index contributed by atoms with van der Waals surface area (Å²) >= 11 is 0. The highest BCUT2D eigenvalue weighted by atomic mass is 16.5. The van der Waals surface area contributed by atoms with Gasteiger partial charge in [0.2, 0.25) is 23.6 Å². The second kappa shape index (κ2) is 36.7. The fourth-order valence-electron chi connectivity index (χ4n) is 15.3. The quantitative estimate of drug-likeness (QED) is 0.0231. The predicted molar refractivity (Wildman–Crippen MR) is 401 cm³/mol. The van der Waals surface area contributed by atoms with Gasteiger partial charge in [-0.25, -0.2) is 16.4 Å². The number of Topliss-reactive ketones (excluding diaryl/α,β-unsaturated/α-hetero) is 1. The van der Waals surface area contributed by atoms with E-state index in [-0.39, 0.29) is 35.5 Å². The lowest BCUT2D eigenvalue weighted by Crippen LogP contribution is -2.37. The van der Waals surface area contributed by atoms with Crippen LogP contribution < -0.4 is 21.2 Å². The molecule has 4 aliphatic heterocycles. The molecule has 0 atom stereocenters. The minimum Gasteiger partial charge on any atom is -0.496 e. The van der Waals surface area contributed by atoms with Crippen molar-refractivity contribution in [2.45, 2.75) is 149 Å². The van der Waals surface area contributed by atoms with Crippen molar-refractivity contribution in [3.63, 3.8) is 0 Å². The maximum atomic E-state index is 12.9. The van der Waals surface area contributed by atoms with Gasteiger partial charge in [-0.1, -0.05) is 167 Å². The number of aliphatic hydroxyl groups excluding tert-OH is 1. The number of hydroxylamine groups is 3. The maximum absolute atomic E-state index is 12.9. The molecule has 7 N–H and O–H groups in total. The first-order chi connectivity index (χ1) is 52.0. The van der Waals surface area contributed by atoms with Crippen molar-refractivity contribution in [1.29, 1.82) is 5.26 Å². The van der Waals surface area contributed by atoms with Crippen LogP contribution in [0.2, 0.25) is 0 Å². The largest absolute Gasteiger partial charge is 0.496 e. The van der Waals surface area contributed by atoms with E-state index in [9.17, 15) is 43.6 Å². The molecular formula is C86H92N8O13. The summed E-state index contributed by atoms with van der Waals surface area (Å²) in [6.45, 7) is 5.62. The standard InChI is InChI=1S/C26H22N2O3.C25H24N2O3.C18H24N2O4.C17H22N2O3/c27-15-23-14-22(25(30)17-29)13-21-10-11-28(16-24(21)23)26(31)12-18-6-8-20(9-7-18)19-4-2-1-3-5-19;1-17-13-22(25(29)26-30)15-21-11-12-27(16-23(17)21)24(28)14-18-7-9-20(10-8-18)19-5-3-2-4-6-19;1-24-16-9-13(17(21)19-23)8-14-10-20(11-15(14)16)18(22)12-6-4-2-3-5-7-12;20-16(18-22)13-7-8-14-10-19(11-15(14)9-13)17(21)12-5-3-1-2-4-6-12/h1-9,13-14,29H,10-12,16-17H2;2-10,13,15,30H,11-12,14,16H2,1H3,(H,26,29);8-9,12,23H,2-7,10-11H2,1H3,(H,19,21);7-9,12,22H,1-6,10-11H2,(H,18,20). The lowest BCUT2D eigenvalue weighted by molar-refractivity contribution is -0.137. The lowest BCUT2D eigenvalue weighted by Gasteiger charge is -2.30. The number of benzene rings is 8. The van der Waals surface area contributed by atoms with Gasteiger partial charge < -0.3 is 29.4 Å². The molecule has 21 nitrogen and oxygen atoms in total. The normalized spacial score (nSPS) is 15.2. The number of aryl methyl sites for hydroxylation is 1. The number of ether oxygens (including phenoxy) is 1. The van der Waals surface area contributed by atoms with Gasteiger partial charge in [0.15, 0.2) is 5.78 Å². The number of nitriles is 1. The average molecular weight is 1450 g/mol. The minimum atomic E-state index is -0.586. The van der Waals surface area contributed by atoms with Gasteiger partial charge >= 0.3 is 0 Å². The first-order valence-electron chi connectivity index (χ1n) is 36.9. The Morgan fingerprint density at radius 3 is 1.36 bits per heavy atom. The summed E-state index contributed by atoms with van der Waals surface area (Å²) in [6, 6.07) is 54.0. The molecule has 0 aromatic heterocycles. The van der Waals surface area contributed by atoms with E-state index >= 15 is 0 Å². The number of carbonyl (C=O) groups is 8. The van der Waals surface area contributed by atoms with Crippen LogP contribution in [0.5, 0.6) is 5.75 Å². The van der Waals surface area contributed by atoms with E-state index in [1.807, 2.05) is 100 Å². The third kappa shape index (κ3) is 19.3. The third-order valence-electron chi connectivity index (χ3n) is 21.3. The lowest BCUT2D eigenvalue weighted by atomic mass is 9.91. The van der Waals surface area contributed by atoms with Crippen LogP contribution in [-0.2, 0) is 84.1 Å². The third-order valence-corrected chi connectivity index (χ3v) is 21.3. The highest BCUT2D eigenvalue weighted by molar-refractivity contribution is 5.98. The molecule has 107 heavy (non-hydrogen) atoms. The van der Waals surface area contributed by atoms with Gasteiger partial charge in [-0.05, 0) is 172 Å². The molecule has 2 saturated carbocycles. The van der Waals surface area contributed by atoms with Crippen LogP contribution in [-0.4, -0.2) is 114 Å². The molecule has 8 aromatic carbocycles. The Hall–Kier alpha value is -11.2. The molecule has 14 rings (SSSR count). The number of nitrogens with zero attached hydrogens (tertiary/aromatic N) is 5. The Kier molecular flexibility index (Phi) is 26.4. The van der Waals surface area contributed by atoms with Crippen LogP contribution in [0.15, 0.2) is 164 Å². The van der Waals surface area contributed by atoms with Gasteiger partial charge in [0, 0.05) is 92.0 Å². The molecule has 0 unspecified atom stereocenters. The molecule has 8 aromatic rings. The summed E-state index contributed by atoms with van der Waals surface area (Å²) in [5.41, 5.74) is 22.1. The Bertz CT molecular complexity index is 4580. The van der Waals surface area contributed by atoms with E-state index in [1.165, 1.54) is 31.7 Å². The highest BCUT2D eigenvalue weighted by Crippen LogP contribution is 2.37. The average Bonchev–Trinajstić information content (AvgIpc) is 1.77. The van der Waals surface area contributed by atoms with E-state index in [2.05, 4.69) is 42.5 Å². The van der Waals surface area contributed by atoms with Crippen LogP contribution in [0, 0.1) is 30.1 Å². The summed E-state index contributed by atoms with van der Waals surface area (Å²) in [5.74, 6) is -0.569. The van der Waals surface area contributed by atoms with Gasteiger partial charge in [0.25, 0.3) is 17.7 Å². The number of nitrogens with one attached hydrogen (secondary N) is 3. The predicted octanol–water partition coefficient (Wildman–Crippen LogP) is 12.7. The molecule has 0 saturated heterocycles. The van der Waals surface area contributed by atoms with Crippen LogP contribution in [0.25, 0.3) is 22.3 Å². The van der Waals surface area contributed by atoms with Crippen LogP contribution in [0.3, 0.4) is 0 Å². The zero-order chi connectivity index (χ0) is 75.5. The summed E-state index contributed by atoms with van der Waals surface area (Å²) in [7, 11) is 1.55. The Labute approximate surface area is 623 Å². The van der Waals surface area contributed by atoms with Gasteiger partial charge in [-0.2, -0.15) is 5.26 Å². The molecule has 554 valence electrons. The highest BCUT2D eigenvalue weighted by Gasteiger charge is 2.34. The fraction of sp³-hybridized carbons (Fsp3) is 0.337. The maximum Gasteiger partial charge on any atom is 0.274 e. The van der Waals surface area contributed by atoms with Gasteiger partial charge in [0.05, 0.1) is 31.6 Å². The van der Waals surface area contributed by atoms with Crippen molar-refractivity contribution < 1.29 is 63.8 Å². The summed E-state index contributed by atoms with van der Waals surface area (Å²) in [5, 5.41) is 45.0. The molecule has 7 amide bonds. The summed E-state index contributed by atoms with van der Waals surface area (Å²) < 4.78 is 5.39. The van der Waals surface area contributed by atoms with E-state index in [0.717, 1.165) is 135 Å². The van der Waals surface area contributed by atoms with Crippen molar-refractivity contribution in [1.82, 2.24) is 36.0 Å². The number of hydrogen-bond donors (Lipinski definition) is 7. The summed E-state index contributed by atoms with van der Waals surface area (Å²) in [4.78, 5) is 105. The molecule has 0 radical (unpaired) electrons. The van der Waals surface area contributed by atoms with Crippen molar-refractivity contribution in [2.75, 3.05) is 26.8 Å². The number of amides is 7. The number of carbonyl (C=O) groups excluding carboxylic acids is 8. The minimum absolute atomic E-state index is 0.0116. The SMILES string of the molecule is COc1cc(C(=O)NO)cc2c1CN(C(=O)C1CCCCCC1)C2.Cc1cc(C(=O)NO)cc2c1CN(C(=O)Cc1ccc(-c3ccccc3)cc1)CC2.N#Cc1cc(C(=O)CO)cc2c1CN(C(=O)Cc1ccc(-c3ccccc3)cc1)CC2.O=C(NO)c1ccc2c(c1)CN(C(=O)C1CCCCCC1)C2. The van der Waals surface area contributed by atoms with Crippen molar-refractivity contribution in [3.8, 4) is 34.1 Å². The molecular weight excluding hydrogens is 1350 g/mol. The Morgan fingerprint density at radius 2 is 0.860 bits per heavy atom. The van der Waals surface area contributed by atoms with Gasteiger partial charge in [0.1, 0.15) is 12.4 Å².